The molecule has 106 valence electrons. The molecule has 0 amide bonds. The number of carbonyl (C=O) groups is 1. The number of ether oxygens (including phenoxy) is 3. The van der Waals surface area contributed by atoms with Crippen molar-refractivity contribution in [3.05, 3.63) is 39.0 Å². The molecule has 1 aromatic carbocycles. The molecule has 0 bridgehead atoms. The first-order valence-corrected chi connectivity index (χ1v) is 6.95. The zero-order valence-corrected chi connectivity index (χ0v) is 12.8. The Balaban J connectivity index is 2.53. The van der Waals surface area contributed by atoms with Crippen molar-refractivity contribution in [1.82, 2.24) is 0 Å². The van der Waals surface area contributed by atoms with Crippen LogP contribution in [0, 0.1) is 0 Å². The molecule has 0 unspecified atom stereocenters. The number of ketones is 1. The second-order valence-corrected chi connectivity index (χ2v) is 5.16. The fraction of sp³-hybridized carbons (Fsp3) is 0.214. The zero-order valence-electron chi connectivity index (χ0n) is 11.2. The van der Waals surface area contributed by atoms with Crippen LogP contribution in [0.15, 0.2) is 23.6 Å². The van der Waals surface area contributed by atoms with Crippen LogP contribution in [0.5, 0.6) is 17.2 Å². The van der Waals surface area contributed by atoms with Gasteiger partial charge in [0.15, 0.2) is 11.5 Å². The lowest BCUT2D eigenvalue weighted by molar-refractivity contribution is 0.104. The van der Waals surface area contributed by atoms with Gasteiger partial charge in [-0.25, -0.2) is 0 Å². The maximum atomic E-state index is 12.4. The van der Waals surface area contributed by atoms with Gasteiger partial charge in [0.1, 0.15) is 0 Å². The summed E-state index contributed by atoms with van der Waals surface area (Å²) < 4.78 is 15.7. The number of halogens is 1. The van der Waals surface area contributed by atoms with Gasteiger partial charge in [-0.1, -0.05) is 11.6 Å². The molecule has 0 saturated carbocycles. The van der Waals surface area contributed by atoms with E-state index in [-0.39, 0.29) is 5.78 Å². The van der Waals surface area contributed by atoms with Crippen LogP contribution in [-0.2, 0) is 0 Å². The van der Waals surface area contributed by atoms with Gasteiger partial charge in [0.25, 0.3) is 0 Å². The van der Waals surface area contributed by atoms with Gasteiger partial charge in [0.2, 0.25) is 11.5 Å². The third-order valence-electron chi connectivity index (χ3n) is 2.75. The van der Waals surface area contributed by atoms with Crippen LogP contribution in [0.1, 0.15) is 15.2 Å². The van der Waals surface area contributed by atoms with Crippen molar-refractivity contribution in [2.75, 3.05) is 21.3 Å². The topological polar surface area (TPSA) is 44.8 Å². The summed E-state index contributed by atoms with van der Waals surface area (Å²) in [5, 5.41) is 2.21. The van der Waals surface area contributed by atoms with Crippen LogP contribution in [0.2, 0.25) is 5.02 Å². The van der Waals surface area contributed by atoms with Crippen LogP contribution >= 0.6 is 22.9 Å². The molecule has 2 rings (SSSR count). The largest absolute Gasteiger partial charge is 0.493 e. The fourth-order valence-corrected chi connectivity index (χ4v) is 2.90. The van der Waals surface area contributed by atoms with Crippen LogP contribution in [0.25, 0.3) is 0 Å². The van der Waals surface area contributed by atoms with Gasteiger partial charge in [0.05, 0.1) is 31.2 Å². The van der Waals surface area contributed by atoms with E-state index in [4.69, 9.17) is 25.8 Å². The Morgan fingerprint density at radius 1 is 1.10 bits per heavy atom. The summed E-state index contributed by atoms with van der Waals surface area (Å²) in [4.78, 5) is 12.9. The Labute approximate surface area is 125 Å². The molecule has 0 saturated heterocycles. The first-order valence-electron chi connectivity index (χ1n) is 5.70. The highest BCUT2D eigenvalue weighted by Crippen LogP contribution is 2.39. The molecule has 1 aromatic heterocycles. The van der Waals surface area contributed by atoms with Crippen molar-refractivity contribution in [2.45, 2.75) is 0 Å². The maximum absolute atomic E-state index is 12.4. The van der Waals surface area contributed by atoms with Gasteiger partial charge < -0.3 is 14.2 Å². The van der Waals surface area contributed by atoms with Crippen molar-refractivity contribution >= 4 is 28.7 Å². The molecule has 2 aromatic rings. The average molecular weight is 313 g/mol. The lowest BCUT2D eigenvalue weighted by Crippen LogP contribution is -2.03. The molecule has 0 spiro atoms. The molecule has 0 aliphatic rings. The minimum Gasteiger partial charge on any atom is -0.493 e. The van der Waals surface area contributed by atoms with Gasteiger partial charge in [0, 0.05) is 5.56 Å². The zero-order chi connectivity index (χ0) is 14.7. The number of hydrogen-bond acceptors (Lipinski definition) is 5. The molecular weight excluding hydrogens is 300 g/mol. The Bertz CT molecular complexity index is 611. The highest BCUT2D eigenvalue weighted by molar-refractivity contribution is 7.13. The number of thiophene rings is 1. The van der Waals surface area contributed by atoms with E-state index < -0.39 is 0 Å². The van der Waals surface area contributed by atoms with Crippen molar-refractivity contribution in [2.24, 2.45) is 0 Å². The number of carbonyl (C=O) groups excluding carboxylic acids is 1. The number of benzene rings is 1. The van der Waals surface area contributed by atoms with Crippen LogP contribution in [0.4, 0.5) is 0 Å². The number of rotatable bonds is 5. The standard InChI is InChI=1S/C14H13ClO4S/c1-17-10-6-8(7-11(18-2)13(10)19-3)12(16)14-9(15)4-5-20-14/h4-7H,1-3H3. The predicted molar refractivity (Wildman–Crippen MR) is 78.9 cm³/mol. The Morgan fingerprint density at radius 2 is 1.70 bits per heavy atom. The van der Waals surface area contributed by atoms with E-state index >= 15 is 0 Å². The first kappa shape index (κ1) is 14.7. The normalized spacial score (nSPS) is 10.2. The molecular formula is C14H13ClO4S. The highest BCUT2D eigenvalue weighted by Gasteiger charge is 2.20. The third kappa shape index (κ3) is 2.59. The average Bonchev–Trinajstić information content (AvgIpc) is 2.90. The van der Waals surface area contributed by atoms with Gasteiger partial charge in [-0.3, -0.25) is 4.79 Å². The van der Waals surface area contributed by atoms with Gasteiger partial charge >= 0.3 is 0 Å². The lowest BCUT2D eigenvalue weighted by atomic mass is 10.1. The summed E-state index contributed by atoms with van der Waals surface area (Å²) in [5.41, 5.74) is 0.434. The summed E-state index contributed by atoms with van der Waals surface area (Å²) >= 11 is 7.29. The minimum absolute atomic E-state index is 0.177. The SMILES string of the molecule is COc1cc(C(=O)c2sccc2Cl)cc(OC)c1OC. The minimum atomic E-state index is -0.177. The number of hydrogen-bond donors (Lipinski definition) is 0. The Morgan fingerprint density at radius 3 is 2.10 bits per heavy atom. The summed E-state index contributed by atoms with van der Waals surface area (Å²) in [6.07, 6.45) is 0. The van der Waals surface area contributed by atoms with E-state index in [1.165, 1.54) is 32.7 Å². The molecule has 20 heavy (non-hydrogen) atoms. The van der Waals surface area contributed by atoms with E-state index in [1.54, 1.807) is 23.6 Å². The molecule has 4 nitrogen and oxygen atoms in total. The molecule has 6 heteroatoms. The summed E-state index contributed by atoms with van der Waals surface area (Å²) in [6.45, 7) is 0. The van der Waals surface area contributed by atoms with E-state index in [1.807, 2.05) is 0 Å². The van der Waals surface area contributed by atoms with Crippen molar-refractivity contribution in [1.29, 1.82) is 0 Å². The van der Waals surface area contributed by atoms with Gasteiger partial charge in [-0.05, 0) is 23.6 Å². The third-order valence-corrected chi connectivity index (χ3v) is 4.09. The van der Waals surface area contributed by atoms with Crippen molar-refractivity contribution in [3.63, 3.8) is 0 Å². The molecule has 0 aliphatic carbocycles. The van der Waals surface area contributed by atoms with Gasteiger partial charge in [-0.15, -0.1) is 11.3 Å². The second-order valence-electron chi connectivity index (χ2n) is 3.84. The maximum Gasteiger partial charge on any atom is 0.204 e. The summed E-state index contributed by atoms with van der Waals surface area (Å²) in [5.74, 6) is 1.14. The van der Waals surface area contributed by atoms with E-state index in [0.717, 1.165) is 0 Å². The molecule has 0 N–H and O–H groups in total. The van der Waals surface area contributed by atoms with Gasteiger partial charge in [-0.2, -0.15) is 0 Å². The number of methoxy groups -OCH3 is 3. The highest BCUT2D eigenvalue weighted by atomic mass is 35.5. The smallest absolute Gasteiger partial charge is 0.204 e. The predicted octanol–water partition coefficient (Wildman–Crippen LogP) is 3.66. The second kappa shape index (κ2) is 6.15. The molecule has 1 heterocycles. The fourth-order valence-electron chi connectivity index (χ4n) is 1.80. The molecule has 0 radical (unpaired) electrons. The summed E-state index contributed by atoms with van der Waals surface area (Å²) in [7, 11) is 4.52. The van der Waals surface area contributed by atoms with Crippen LogP contribution in [-0.4, -0.2) is 27.1 Å². The lowest BCUT2D eigenvalue weighted by Gasteiger charge is -2.13. The molecule has 0 fully saturated rings. The first-order chi connectivity index (χ1) is 9.62. The quantitative estimate of drug-likeness (QED) is 0.790. The van der Waals surface area contributed by atoms with Crippen molar-refractivity contribution < 1.29 is 19.0 Å². The molecule has 0 aliphatic heterocycles. The van der Waals surface area contributed by atoms with E-state index in [9.17, 15) is 4.79 Å². The monoisotopic (exact) mass is 312 g/mol. The Hall–Kier alpha value is -1.72. The summed E-state index contributed by atoms with van der Waals surface area (Å²) in [6, 6.07) is 4.91. The molecule has 0 atom stereocenters. The van der Waals surface area contributed by atoms with Crippen LogP contribution < -0.4 is 14.2 Å². The van der Waals surface area contributed by atoms with E-state index in [0.29, 0.717) is 32.7 Å². The van der Waals surface area contributed by atoms with Crippen molar-refractivity contribution in [3.8, 4) is 17.2 Å². The van der Waals surface area contributed by atoms with Crippen LogP contribution in [0.3, 0.4) is 0 Å². The Kier molecular flexibility index (Phi) is 4.52. The van der Waals surface area contributed by atoms with E-state index in [2.05, 4.69) is 0 Å².